The number of hydrogen-bond acceptors (Lipinski definition) is 3. The van der Waals surface area contributed by atoms with Gasteiger partial charge in [-0.3, -0.25) is 0 Å². The van der Waals surface area contributed by atoms with E-state index in [2.05, 4.69) is 9.89 Å². The first kappa shape index (κ1) is 10.6. The van der Waals surface area contributed by atoms with E-state index >= 15 is 0 Å². The maximum atomic E-state index is 13.3. The van der Waals surface area contributed by atoms with Crippen LogP contribution in [0.5, 0.6) is 0 Å². The van der Waals surface area contributed by atoms with Gasteiger partial charge in [-0.2, -0.15) is 0 Å². The van der Waals surface area contributed by atoms with E-state index in [0.29, 0.717) is 5.82 Å². The molecule has 0 aromatic heterocycles. The highest BCUT2D eigenvalue weighted by atomic mass is 19.1. The molecule has 1 saturated heterocycles. The molecule has 0 atom stereocenters. The molecular formula is C13H16FN3. The Labute approximate surface area is 100 Å². The second-order valence-electron chi connectivity index (χ2n) is 4.70. The molecule has 2 N–H and O–H groups in total. The second-order valence-corrected chi connectivity index (χ2v) is 4.70. The molecule has 0 unspecified atom stereocenters. The van der Waals surface area contributed by atoms with Gasteiger partial charge in [-0.15, -0.1) is 0 Å². The van der Waals surface area contributed by atoms with Crippen LogP contribution in [-0.2, 0) is 0 Å². The average Bonchev–Trinajstić information content (AvgIpc) is 2.56. The van der Waals surface area contributed by atoms with Gasteiger partial charge in [0, 0.05) is 25.0 Å². The molecule has 1 aliphatic carbocycles. The van der Waals surface area contributed by atoms with Crippen LogP contribution in [0.25, 0.3) is 0 Å². The quantitative estimate of drug-likeness (QED) is 0.698. The van der Waals surface area contributed by atoms with Crippen molar-refractivity contribution in [3.05, 3.63) is 35.1 Å². The summed E-state index contributed by atoms with van der Waals surface area (Å²) >= 11 is 0. The van der Waals surface area contributed by atoms with Gasteiger partial charge in [-0.1, -0.05) is 6.42 Å². The summed E-state index contributed by atoms with van der Waals surface area (Å²) < 4.78 is 13.3. The van der Waals surface area contributed by atoms with E-state index in [1.165, 1.54) is 12.5 Å². The summed E-state index contributed by atoms with van der Waals surface area (Å²) in [5.41, 5.74) is 7.85. The van der Waals surface area contributed by atoms with Crippen molar-refractivity contribution in [1.29, 1.82) is 0 Å². The van der Waals surface area contributed by atoms with Crippen LogP contribution in [0.15, 0.2) is 40.1 Å². The third-order valence-corrected chi connectivity index (χ3v) is 3.52. The number of nitrogens with two attached hydrogens (primary N) is 1. The van der Waals surface area contributed by atoms with Gasteiger partial charge < -0.3 is 10.6 Å². The molecular weight excluding hydrogens is 217 g/mol. The van der Waals surface area contributed by atoms with E-state index in [0.717, 1.165) is 42.9 Å². The van der Waals surface area contributed by atoms with Crippen molar-refractivity contribution < 1.29 is 4.39 Å². The van der Waals surface area contributed by atoms with Gasteiger partial charge in [0.05, 0.1) is 5.70 Å². The summed E-state index contributed by atoms with van der Waals surface area (Å²) in [5, 5.41) is 0. The monoisotopic (exact) mass is 233 g/mol. The maximum absolute atomic E-state index is 13.3. The summed E-state index contributed by atoms with van der Waals surface area (Å²) in [5.74, 6) is 1.61. The van der Waals surface area contributed by atoms with Gasteiger partial charge in [0.1, 0.15) is 17.5 Å². The Morgan fingerprint density at radius 3 is 3.00 bits per heavy atom. The van der Waals surface area contributed by atoms with Crippen LogP contribution >= 0.6 is 0 Å². The van der Waals surface area contributed by atoms with Crippen LogP contribution in [0.3, 0.4) is 0 Å². The standard InChI is InChI=1S/C13H16FN3/c14-9-5-6-11-10(8-9)13(15)17-7-3-1-2-4-12(17)16-11/h5-6H,1-4,7-8,15H2. The van der Waals surface area contributed by atoms with E-state index in [4.69, 9.17) is 5.73 Å². The Morgan fingerprint density at radius 1 is 1.24 bits per heavy atom. The Balaban J connectivity index is 2.03. The first-order chi connectivity index (χ1) is 8.25. The maximum Gasteiger partial charge on any atom is 0.110 e. The molecule has 0 bridgehead atoms. The fourth-order valence-electron chi connectivity index (χ4n) is 2.59. The molecule has 3 aliphatic rings. The van der Waals surface area contributed by atoms with Gasteiger partial charge in [-0.25, -0.2) is 9.38 Å². The lowest BCUT2D eigenvalue weighted by atomic mass is 10.0. The zero-order chi connectivity index (χ0) is 11.8. The van der Waals surface area contributed by atoms with Crippen molar-refractivity contribution in [3.63, 3.8) is 0 Å². The predicted octanol–water partition coefficient (Wildman–Crippen LogP) is 2.59. The molecule has 0 aromatic carbocycles. The lowest BCUT2D eigenvalue weighted by Gasteiger charge is -2.32. The number of allylic oxidation sites excluding steroid dienone is 4. The van der Waals surface area contributed by atoms with Crippen LogP contribution < -0.4 is 5.73 Å². The van der Waals surface area contributed by atoms with E-state index in [1.54, 1.807) is 6.08 Å². The third kappa shape index (κ3) is 1.77. The minimum absolute atomic E-state index is 0.139. The van der Waals surface area contributed by atoms with E-state index in [9.17, 15) is 4.39 Å². The van der Waals surface area contributed by atoms with Crippen LogP contribution in [0.2, 0.25) is 0 Å². The molecule has 0 radical (unpaired) electrons. The van der Waals surface area contributed by atoms with Crippen molar-refractivity contribution in [2.45, 2.75) is 32.1 Å². The summed E-state index contributed by atoms with van der Waals surface area (Å²) in [4.78, 5) is 6.69. The zero-order valence-corrected chi connectivity index (χ0v) is 9.75. The molecule has 3 rings (SSSR count). The minimum Gasteiger partial charge on any atom is -0.385 e. The van der Waals surface area contributed by atoms with Gasteiger partial charge in [0.2, 0.25) is 0 Å². The van der Waals surface area contributed by atoms with Crippen LogP contribution in [0.4, 0.5) is 4.39 Å². The number of nitrogens with zero attached hydrogens (tertiary/aromatic N) is 2. The molecule has 3 nitrogen and oxygen atoms in total. The highest BCUT2D eigenvalue weighted by Crippen LogP contribution is 2.33. The molecule has 0 amide bonds. The molecule has 0 saturated carbocycles. The van der Waals surface area contributed by atoms with Crippen LogP contribution in [-0.4, -0.2) is 17.3 Å². The smallest absolute Gasteiger partial charge is 0.110 e. The molecule has 90 valence electrons. The second kappa shape index (κ2) is 4.02. The number of rotatable bonds is 0. The Morgan fingerprint density at radius 2 is 2.12 bits per heavy atom. The molecule has 17 heavy (non-hydrogen) atoms. The number of halogens is 1. The van der Waals surface area contributed by atoms with E-state index in [-0.39, 0.29) is 12.2 Å². The minimum atomic E-state index is -0.139. The number of hydrogen-bond donors (Lipinski definition) is 1. The first-order valence-electron chi connectivity index (χ1n) is 6.16. The highest BCUT2D eigenvalue weighted by molar-refractivity contribution is 5.87. The third-order valence-electron chi connectivity index (χ3n) is 3.52. The Bertz CT molecular complexity index is 471. The molecule has 0 spiro atoms. The lowest BCUT2D eigenvalue weighted by Crippen LogP contribution is -2.37. The predicted molar refractivity (Wildman–Crippen MR) is 65.7 cm³/mol. The van der Waals surface area contributed by atoms with Gasteiger partial charge in [-0.05, 0) is 25.0 Å². The summed E-state index contributed by atoms with van der Waals surface area (Å²) in [6.07, 6.45) is 7.98. The fraction of sp³-hybridized carbons (Fsp3) is 0.462. The normalized spacial score (nSPS) is 24.3. The molecule has 4 heteroatoms. The van der Waals surface area contributed by atoms with Crippen LogP contribution in [0, 0.1) is 0 Å². The summed E-state index contributed by atoms with van der Waals surface area (Å²) in [6.45, 7) is 0.910. The number of aliphatic imine (C=N–C) groups is 1. The van der Waals surface area contributed by atoms with Gasteiger partial charge in [0.15, 0.2) is 0 Å². The summed E-state index contributed by atoms with van der Waals surface area (Å²) in [6, 6.07) is 0. The summed E-state index contributed by atoms with van der Waals surface area (Å²) in [7, 11) is 0. The van der Waals surface area contributed by atoms with Crippen molar-refractivity contribution in [2.24, 2.45) is 10.7 Å². The fourth-order valence-corrected chi connectivity index (χ4v) is 2.59. The average molecular weight is 233 g/mol. The number of fused-ring (bicyclic) bond motifs is 2. The van der Waals surface area contributed by atoms with Crippen LogP contribution in [0.1, 0.15) is 32.1 Å². The molecule has 2 aliphatic heterocycles. The lowest BCUT2D eigenvalue weighted by molar-refractivity contribution is 0.478. The zero-order valence-electron chi connectivity index (χ0n) is 9.75. The van der Waals surface area contributed by atoms with Gasteiger partial charge >= 0.3 is 0 Å². The molecule has 1 fully saturated rings. The van der Waals surface area contributed by atoms with Crippen molar-refractivity contribution in [1.82, 2.24) is 4.90 Å². The SMILES string of the molecule is NC1=C2CC(F)=CC=C2N=C2CCCCCN21. The Kier molecular flexibility index (Phi) is 2.50. The number of amidine groups is 1. The molecule has 2 heterocycles. The molecule has 0 aromatic rings. The van der Waals surface area contributed by atoms with E-state index in [1.807, 2.05) is 0 Å². The largest absolute Gasteiger partial charge is 0.385 e. The van der Waals surface area contributed by atoms with E-state index < -0.39 is 0 Å². The van der Waals surface area contributed by atoms with Gasteiger partial charge in [0.25, 0.3) is 0 Å². The van der Waals surface area contributed by atoms with Crippen molar-refractivity contribution in [3.8, 4) is 0 Å². The Hall–Kier alpha value is -1.58. The van der Waals surface area contributed by atoms with Crippen molar-refractivity contribution in [2.75, 3.05) is 6.54 Å². The first-order valence-corrected chi connectivity index (χ1v) is 6.16. The highest BCUT2D eigenvalue weighted by Gasteiger charge is 2.27. The van der Waals surface area contributed by atoms with Crippen molar-refractivity contribution >= 4 is 5.84 Å². The topological polar surface area (TPSA) is 41.6 Å².